The smallest absolute Gasteiger partial charge is 0.282 e. The van der Waals surface area contributed by atoms with E-state index in [1.165, 1.54) is 11.1 Å². The highest BCUT2D eigenvalue weighted by atomic mass is 79.9. The van der Waals surface area contributed by atoms with Crippen molar-refractivity contribution in [3.05, 3.63) is 74.8 Å². The lowest BCUT2D eigenvalue weighted by Gasteiger charge is -2.22. The van der Waals surface area contributed by atoms with E-state index in [4.69, 9.17) is 20.9 Å². The molecular formula is C28H28BrN3O3. The second-order valence-corrected chi connectivity index (χ2v) is 9.44. The normalized spacial score (nSPS) is 14.2. The zero-order chi connectivity index (χ0) is 24.8. The van der Waals surface area contributed by atoms with E-state index in [1.807, 2.05) is 24.3 Å². The van der Waals surface area contributed by atoms with E-state index < -0.39 is 0 Å². The first kappa shape index (κ1) is 24.7. The molecule has 1 fully saturated rings. The number of methoxy groups -OCH3 is 1. The van der Waals surface area contributed by atoms with E-state index in [0.717, 1.165) is 41.3 Å². The minimum absolute atomic E-state index is 0.131. The number of halogens is 1. The number of fused-ring (bicyclic) bond motifs is 1. The Morgan fingerprint density at radius 3 is 2.80 bits per heavy atom. The molecule has 6 nitrogen and oxygen atoms in total. The molecule has 3 aromatic rings. The van der Waals surface area contributed by atoms with Gasteiger partial charge in [-0.15, -0.1) is 13.0 Å². The fourth-order valence-electron chi connectivity index (χ4n) is 4.52. The summed E-state index contributed by atoms with van der Waals surface area (Å²) in [5, 5.41) is 5.17. The van der Waals surface area contributed by atoms with E-state index in [0.29, 0.717) is 34.6 Å². The van der Waals surface area contributed by atoms with Gasteiger partial charge in [0, 0.05) is 16.0 Å². The van der Waals surface area contributed by atoms with Crippen molar-refractivity contribution in [1.29, 1.82) is 0 Å². The predicted molar refractivity (Wildman–Crippen MR) is 144 cm³/mol. The highest BCUT2D eigenvalue weighted by Gasteiger charge is 2.22. The Morgan fingerprint density at radius 2 is 2.09 bits per heavy atom. The third kappa shape index (κ3) is 5.49. The van der Waals surface area contributed by atoms with Crippen LogP contribution in [-0.2, 0) is 6.42 Å². The van der Waals surface area contributed by atoms with Crippen LogP contribution in [0.4, 0.5) is 0 Å². The maximum absolute atomic E-state index is 13.5. The van der Waals surface area contributed by atoms with Gasteiger partial charge in [-0.25, -0.2) is 4.98 Å². The molecule has 180 valence electrons. The molecule has 0 amide bonds. The minimum atomic E-state index is -0.180. The Labute approximate surface area is 213 Å². The molecular weight excluding hydrogens is 506 g/mol. The number of terminal acetylenes is 1. The van der Waals surface area contributed by atoms with Crippen molar-refractivity contribution in [1.82, 2.24) is 9.66 Å². The summed E-state index contributed by atoms with van der Waals surface area (Å²) in [4.78, 5) is 18.4. The minimum Gasteiger partial charge on any atom is -0.493 e. The van der Waals surface area contributed by atoms with Gasteiger partial charge in [-0.2, -0.15) is 9.78 Å². The molecule has 0 bridgehead atoms. The van der Waals surface area contributed by atoms with Gasteiger partial charge < -0.3 is 9.47 Å². The number of hydrogen-bond acceptors (Lipinski definition) is 5. The van der Waals surface area contributed by atoms with Crippen molar-refractivity contribution in [3.63, 3.8) is 0 Å². The van der Waals surface area contributed by atoms with Crippen molar-refractivity contribution in [2.75, 3.05) is 13.7 Å². The van der Waals surface area contributed by atoms with Gasteiger partial charge in [0.2, 0.25) is 0 Å². The summed E-state index contributed by atoms with van der Waals surface area (Å²) in [6, 6.07) is 9.34. The fourth-order valence-corrected chi connectivity index (χ4v) is 4.88. The van der Waals surface area contributed by atoms with Crippen LogP contribution in [0.5, 0.6) is 11.5 Å². The summed E-state index contributed by atoms with van der Waals surface area (Å²) >= 11 is 3.46. The Hall–Kier alpha value is -3.37. The van der Waals surface area contributed by atoms with Gasteiger partial charge in [0.1, 0.15) is 12.4 Å². The molecule has 0 N–H and O–H groups in total. The lowest BCUT2D eigenvalue weighted by Crippen LogP contribution is -2.25. The summed E-state index contributed by atoms with van der Waals surface area (Å²) < 4.78 is 13.6. The first-order valence-corrected chi connectivity index (χ1v) is 12.5. The number of nitrogens with zero attached hydrogens (tertiary/aromatic N) is 3. The summed E-state index contributed by atoms with van der Waals surface area (Å²) in [6.45, 7) is 3.97. The van der Waals surface area contributed by atoms with Gasteiger partial charge in [0.15, 0.2) is 11.5 Å². The van der Waals surface area contributed by atoms with Crippen molar-refractivity contribution < 1.29 is 9.47 Å². The van der Waals surface area contributed by atoms with Crippen molar-refractivity contribution >= 4 is 33.0 Å². The molecule has 4 rings (SSSR count). The van der Waals surface area contributed by atoms with Crippen LogP contribution < -0.4 is 15.0 Å². The van der Waals surface area contributed by atoms with Gasteiger partial charge in [-0.1, -0.05) is 47.2 Å². The average molecular weight is 534 g/mol. The molecule has 1 aliphatic rings. The van der Waals surface area contributed by atoms with E-state index in [2.05, 4.69) is 33.5 Å². The SMILES string of the molecule is C#CCOc1c(CC=C)cc(C=Nn2c(C3CCCCC3)nc3ccc(Br)cc3c2=O)cc1OC. The molecule has 1 aliphatic carbocycles. The highest BCUT2D eigenvalue weighted by molar-refractivity contribution is 9.10. The maximum Gasteiger partial charge on any atom is 0.282 e. The lowest BCUT2D eigenvalue weighted by atomic mass is 9.88. The molecule has 0 saturated heterocycles. The van der Waals surface area contributed by atoms with Crippen LogP contribution >= 0.6 is 15.9 Å². The molecule has 0 radical (unpaired) electrons. The largest absolute Gasteiger partial charge is 0.493 e. The highest BCUT2D eigenvalue weighted by Crippen LogP contribution is 2.34. The number of aromatic nitrogens is 2. The second kappa shape index (κ2) is 11.4. The Kier molecular flexibility index (Phi) is 8.04. The molecule has 0 atom stereocenters. The van der Waals surface area contributed by atoms with Crippen molar-refractivity contribution in [3.8, 4) is 23.8 Å². The van der Waals surface area contributed by atoms with E-state index in [-0.39, 0.29) is 18.1 Å². The Morgan fingerprint density at radius 1 is 1.29 bits per heavy atom. The van der Waals surface area contributed by atoms with Crippen LogP contribution in [0.2, 0.25) is 0 Å². The fraction of sp³-hybridized carbons (Fsp3) is 0.321. The predicted octanol–water partition coefficient (Wildman–Crippen LogP) is 5.84. The topological polar surface area (TPSA) is 65.7 Å². The molecule has 1 saturated carbocycles. The number of hydrogen-bond donors (Lipinski definition) is 0. The van der Waals surface area contributed by atoms with Gasteiger partial charge in [-0.05, 0) is 55.2 Å². The third-order valence-electron chi connectivity index (χ3n) is 6.16. The number of ether oxygens (including phenoxy) is 2. The zero-order valence-electron chi connectivity index (χ0n) is 19.8. The van der Waals surface area contributed by atoms with E-state index in [1.54, 1.807) is 25.5 Å². The van der Waals surface area contributed by atoms with Crippen LogP contribution in [0.15, 0.2) is 57.4 Å². The summed E-state index contributed by atoms with van der Waals surface area (Å²) in [5.74, 6) is 4.52. The van der Waals surface area contributed by atoms with Gasteiger partial charge in [0.05, 0.1) is 24.2 Å². The van der Waals surface area contributed by atoms with Crippen LogP contribution in [0.1, 0.15) is 55.0 Å². The Bertz CT molecular complexity index is 1360. The molecule has 7 heteroatoms. The van der Waals surface area contributed by atoms with E-state index in [9.17, 15) is 4.79 Å². The number of benzene rings is 2. The van der Waals surface area contributed by atoms with Gasteiger partial charge in [-0.3, -0.25) is 4.79 Å². The molecule has 1 aromatic heterocycles. The molecule has 35 heavy (non-hydrogen) atoms. The monoisotopic (exact) mass is 533 g/mol. The second-order valence-electron chi connectivity index (χ2n) is 8.52. The molecule has 0 spiro atoms. The van der Waals surface area contributed by atoms with Gasteiger partial charge in [0.25, 0.3) is 5.56 Å². The molecule has 0 unspecified atom stereocenters. The van der Waals surface area contributed by atoms with Crippen molar-refractivity contribution in [2.45, 2.75) is 44.4 Å². The van der Waals surface area contributed by atoms with Crippen LogP contribution in [0.3, 0.4) is 0 Å². The zero-order valence-corrected chi connectivity index (χ0v) is 21.4. The number of allylic oxidation sites excluding steroid dienone is 1. The van der Waals surface area contributed by atoms with E-state index >= 15 is 0 Å². The van der Waals surface area contributed by atoms with Crippen LogP contribution in [0.25, 0.3) is 10.9 Å². The molecule has 0 aliphatic heterocycles. The maximum atomic E-state index is 13.5. The summed E-state index contributed by atoms with van der Waals surface area (Å²) in [5.41, 5.74) is 2.15. The quantitative estimate of drug-likeness (QED) is 0.207. The van der Waals surface area contributed by atoms with Crippen molar-refractivity contribution in [2.24, 2.45) is 5.10 Å². The van der Waals surface area contributed by atoms with Crippen LogP contribution in [0, 0.1) is 12.3 Å². The molecule has 2 aromatic carbocycles. The third-order valence-corrected chi connectivity index (χ3v) is 6.66. The van der Waals surface area contributed by atoms with Gasteiger partial charge >= 0.3 is 0 Å². The van der Waals surface area contributed by atoms with Crippen LogP contribution in [-0.4, -0.2) is 29.6 Å². The lowest BCUT2D eigenvalue weighted by molar-refractivity contribution is 0.328. The average Bonchev–Trinajstić information content (AvgIpc) is 2.88. The Balaban J connectivity index is 1.83. The standard InChI is InChI=1S/C28H28BrN3O3/c1-4-9-21-15-19(16-25(34-3)26(21)35-14-5-2)18-30-32-27(20-10-7-6-8-11-20)31-24-13-12-22(29)17-23(24)28(32)33/h2,4,12-13,15-18,20H,1,6-11,14H2,3H3. The summed E-state index contributed by atoms with van der Waals surface area (Å²) in [6.07, 6.45) is 14.9. The first-order valence-electron chi connectivity index (χ1n) is 11.7. The molecule has 1 heterocycles. The summed E-state index contributed by atoms with van der Waals surface area (Å²) in [7, 11) is 1.58. The number of rotatable bonds is 8. The first-order chi connectivity index (χ1) is 17.0.